The third-order valence-electron chi connectivity index (χ3n) is 2.24. The molecule has 4 heteroatoms. The van der Waals surface area contributed by atoms with Crippen LogP contribution in [0.25, 0.3) is 0 Å². The van der Waals surface area contributed by atoms with Gasteiger partial charge in [0.1, 0.15) is 11.5 Å². The predicted molar refractivity (Wildman–Crippen MR) is 62.2 cm³/mol. The summed E-state index contributed by atoms with van der Waals surface area (Å²) in [6.07, 6.45) is -0.472. The number of nitrogens with one attached hydrogen (secondary N) is 1. The standard InChI is InChI=1S/C12H17NO3/c1-8(2)10-7-9(16-12(14)13-3)5-6-11(10)15-4/h5-8H,1-4H3,(H,13,14). The van der Waals surface area contributed by atoms with Crippen molar-refractivity contribution in [2.75, 3.05) is 14.2 Å². The number of carbonyl (C=O) groups excluding carboxylic acids is 1. The van der Waals surface area contributed by atoms with Crippen molar-refractivity contribution in [1.29, 1.82) is 0 Å². The second kappa shape index (κ2) is 5.39. The highest BCUT2D eigenvalue weighted by Gasteiger charge is 2.10. The lowest BCUT2D eigenvalue weighted by Crippen LogP contribution is -2.22. The van der Waals surface area contributed by atoms with Crippen molar-refractivity contribution in [2.45, 2.75) is 19.8 Å². The summed E-state index contributed by atoms with van der Waals surface area (Å²) >= 11 is 0. The van der Waals surface area contributed by atoms with E-state index in [1.165, 1.54) is 7.05 Å². The van der Waals surface area contributed by atoms with Gasteiger partial charge >= 0.3 is 6.09 Å². The van der Waals surface area contributed by atoms with E-state index in [4.69, 9.17) is 9.47 Å². The maximum atomic E-state index is 11.1. The van der Waals surface area contributed by atoms with Gasteiger partial charge in [-0.05, 0) is 24.1 Å². The van der Waals surface area contributed by atoms with Gasteiger partial charge in [-0.25, -0.2) is 4.79 Å². The topological polar surface area (TPSA) is 47.6 Å². The number of carbonyl (C=O) groups is 1. The van der Waals surface area contributed by atoms with Crippen LogP contribution in [-0.4, -0.2) is 20.3 Å². The smallest absolute Gasteiger partial charge is 0.412 e. The monoisotopic (exact) mass is 223 g/mol. The van der Waals surface area contributed by atoms with Crippen LogP contribution in [0.2, 0.25) is 0 Å². The van der Waals surface area contributed by atoms with Gasteiger partial charge in [-0.2, -0.15) is 0 Å². The molecule has 16 heavy (non-hydrogen) atoms. The van der Waals surface area contributed by atoms with Crippen molar-refractivity contribution in [1.82, 2.24) is 5.32 Å². The molecule has 4 nitrogen and oxygen atoms in total. The van der Waals surface area contributed by atoms with Gasteiger partial charge in [0, 0.05) is 12.6 Å². The fraction of sp³-hybridized carbons (Fsp3) is 0.417. The van der Waals surface area contributed by atoms with E-state index >= 15 is 0 Å². The van der Waals surface area contributed by atoms with Gasteiger partial charge in [-0.3, -0.25) is 0 Å². The van der Waals surface area contributed by atoms with Crippen molar-refractivity contribution in [3.8, 4) is 11.5 Å². The van der Waals surface area contributed by atoms with E-state index < -0.39 is 6.09 Å². The molecule has 1 aromatic rings. The zero-order valence-electron chi connectivity index (χ0n) is 10.0. The molecule has 0 bridgehead atoms. The molecule has 0 unspecified atom stereocenters. The highest BCUT2D eigenvalue weighted by atomic mass is 16.6. The van der Waals surface area contributed by atoms with E-state index in [1.807, 2.05) is 6.07 Å². The molecule has 0 aromatic heterocycles. The Hall–Kier alpha value is -1.71. The summed E-state index contributed by atoms with van der Waals surface area (Å²) < 4.78 is 10.3. The fourth-order valence-corrected chi connectivity index (χ4v) is 1.39. The van der Waals surface area contributed by atoms with Crippen molar-refractivity contribution < 1.29 is 14.3 Å². The number of ether oxygens (including phenoxy) is 2. The van der Waals surface area contributed by atoms with Crippen LogP contribution < -0.4 is 14.8 Å². The van der Waals surface area contributed by atoms with Gasteiger partial charge in [0.15, 0.2) is 0 Å². The van der Waals surface area contributed by atoms with Crippen LogP contribution in [0.4, 0.5) is 4.79 Å². The highest BCUT2D eigenvalue weighted by molar-refractivity contribution is 5.70. The minimum atomic E-state index is -0.472. The second-order valence-corrected chi connectivity index (χ2v) is 3.70. The van der Waals surface area contributed by atoms with Gasteiger partial charge in [0.05, 0.1) is 7.11 Å². The Kier molecular flexibility index (Phi) is 4.17. The molecule has 0 saturated heterocycles. The predicted octanol–water partition coefficient (Wildman–Crippen LogP) is 2.54. The summed E-state index contributed by atoms with van der Waals surface area (Å²) in [7, 11) is 3.15. The molecule has 0 atom stereocenters. The molecule has 0 heterocycles. The van der Waals surface area contributed by atoms with E-state index in [9.17, 15) is 4.79 Å². The van der Waals surface area contributed by atoms with Crippen molar-refractivity contribution in [2.24, 2.45) is 0 Å². The summed E-state index contributed by atoms with van der Waals surface area (Å²) in [6, 6.07) is 5.33. The first-order valence-electron chi connectivity index (χ1n) is 5.16. The second-order valence-electron chi connectivity index (χ2n) is 3.70. The molecule has 1 N–H and O–H groups in total. The van der Waals surface area contributed by atoms with Crippen molar-refractivity contribution >= 4 is 6.09 Å². The molecule has 1 rings (SSSR count). The van der Waals surface area contributed by atoms with E-state index in [1.54, 1.807) is 19.2 Å². The van der Waals surface area contributed by atoms with Gasteiger partial charge in [-0.15, -0.1) is 0 Å². The minimum absolute atomic E-state index is 0.309. The maximum Gasteiger partial charge on any atom is 0.412 e. The minimum Gasteiger partial charge on any atom is -0.496 e. The molecule has 0 radical (unpaired) electrons. The first kappa shape index (κ1) is 12.4. The highest BCUT2D eigenvalue weighted by Crippen LogP contribution is 2.30. The largest absolute Gasteiger partial charge is 0.496 e. The van der Waals surface area contributed by atoms with E-state index in [2.05, 4.69) is 19.2 Å². The zero-order valence-corrected chi connectivity index (χ0v) is 10.0. The number of hydrogen-bond acceptors (Lipinski definition) is 3. The van der Waals surface area contributed by atoms with Crippen LogP contribution in [0.5, 0.6) is 11.5 Å². The number of amides is 1. The molecule has 0 aliphatic rings. The van der Waals surface area contributed by atoms with Crippen LogP contribution in [-0.2, 0) is 0 Å². The third-order valence-corrected chi connectivity index (χ3v) is 2.24. The van der Waals surface area contributed by atoms with Gasteiger partial charge < -0.3 is 14.8 Å². The number of hydrogen-bond donors (Lipinski definition) is 1. The summed E-state index contributed by atoms with van der Waals surface area (Å²) in [4.78, 5) is 11.1. The summed E-state index contributed by atoms with van der Waals surface area (Å²) in [5, 5.41) is 2.40. The Balaban J connectivity index is 2.97. The van der Waals surface area contributed by atoms with Crippen molar-refractivity contribution in [3.63, 3.8) is 0 Å². The van der Waals surface area contributed by atoms with Crippen LogP contribution in [0, 0.1) is 0 Å². The molecule has 0 fully saturated rings. The molecule has 1 aromatic carbocycles. The average molecular weight is 223 g/mol. The van der Waals surface area contributed by atoms with Crippen LogP contribution in [0.1, 0.15) is 25.3 Å². The molecule has 0 aliphatic heterocycles. The van der Waals surface area contributed by atoms with Crippen LogP contribution >= 0.6 is 0 Å². The Morgan fingerprint density at radius 3 is 2.56 bits per heavy atom. The number of rotatable bonds is 3. The lowest BCUT2D eigenvalue weighted by atomic mass is 10.0. The van der Waals surface area contributed by atoms with Crippen LogP contribution in [0.15, 0.2) is 18.2 Å². The molecular weight excluding hydrogens is 206 g/mol. The Labute approximate surface area is 95.6 Å². The first-order valence-corrected chi connectivity index (χ1v) is 5.16. The van der Waals surface area contributed by atoms with Gasteiger partial charge in [0.2, 0.25) is 0 Å². The van der Waals surface area contributed by atoms with E-state index in [-0.39, 0.29) is 0 Å². The fourth-order valence-electron chi connectivity index (χ4n) is 1.39. The third kappa shape index (κ3) is 2.89. The molecule has 0 saturated carbocycles. The molecule has 1 amide bonds. The van der Waals surface area contributed by atoms with Gasteiger partial charge in [-0.1, -0.05) is 13.8 Å². The Morgan fingerprint density at radius 1 is 1.38 bits per heavy atom. The Morgan fingerprint density at radius 2 is 2.06 bits per heavy atom. The van der Waals surface area contributed by atoms with Crippen molar-refractivity contribution in [3.05, 3.63) is 23.8 Å². The summed E-state index contributed by atoms with van der Waals surface area (Å²) in [5.74, 6) is 1.63. The lowest BCUT2D eigenvalue weighted by Gasteiger charge is -2.13. The zero-order chi connectivity index (χ0) is 12.1. The average Bonchev–Trinajstić information content (AvgIpc) is 2.28. The van der Waals surface area contributed by atoms with E-state index in [0.717, 1.165) is 11.3 Å². The molecule has 88 valence electrons. The lowest BCUT2D eigenvalue weighted by molar-refractivity contribution is 0.203. The molecule has 0 spiro atoms. The van der Waals surface area contributed by atoms with Crippen LogP contribution in [0.3, 0.4) is 0 Å². The van der Waals surface area contributed by atoms with Gasteiger partial charge in [0.25, 0.3) is 0 Å². The number of benzene rings is 1. The summed E-state index contributed by atoms with van der Waals surface area (Å²) in [5.41, 5.74) is 1.02. The Bertz CT molecular complexity index is 375. The normalized spacial score (nSPS) is 10.1. The van der Waals surface area contributed by atoms with E-state index in [0.29, 0.717) is 11.7 Å². The summed E-state index contributed by atoms with van der Waals surface area (Å²) in [6.45, 7) is 4.11. The quantitative estimate of drug-likeness (QED) is 0.856. The molecule has 0 aliphatic carbocycles. The maximum absolute atomic E-state index is 11.1. The first-order chi connectivity index (χ1) is 7.58. The number of methoxy groups -OCH3 is 1. The molecular formula is C12H17NO3. The SMILES string of the molecule is CNC(=O)Oc1ccc(OC)c(C(C)C)c1.